The molecule has 0 unspecified atom stereocenters. The highest BCUT2D eigenvalue weighted by Crippen LogP contribution is 2.19. The molecule has 2 amide bonds. The van der Waals surface area contributed by atoms with E-state index in [-0.39, 0.29) is 23.6 Å². The molecule has 7 nitrogen and oxygen atoms in total. The first-order valence-corrected chi connectivity index (χ1v) is 7.75. The van der Waals surface area contributed by atoms with E-state index in [0.29, 0.717) is 25.2 Å². The molecule has 7 heteroatoms. The van der Waals surface area contributed by atoms with Crippen molar-refractivity contribution in [1.82, 2.24) is 15.3 Å². The molecule has 1 aliphatic carbocycles. The molecule has 0 aromatic carbocycles. The molecule has 5 N–H and O–H groups in total. The monoisotopic (exact) mass is 317 g/mol. The number of rotatable bonds is 5. The van der Waals surface area contributed by atoms with Crippen LogP contribution >= 0.6 is 0 Å². The van der Waals surface area contributed by atoms with Gasteiger partial charge in [0.05, 0.1) is 5.92 Å². The molecular formula is C16H23N5O2. The second kappa shape index (κ2) is 7.21. The number of nitrogens with one attached hydrogen (secondary N) is 1. The van der Waals surface area contributed by atoms with Crippen LogP contribution in [0.25, 0.3) is 0 Å². The van der Waals surface area contributed by atoms with E-state index in [4.69, 9.17) is 11.5 Å². The Morgan fingerprint density at radius 2 is 2.00 bits per heavy atom. The zero-order chi connectivity index (χ0) is 17.0. The van der Waals surface area contributed by atoms with E-state index in [1.54, 1.807) is 6.07 Å². The Bertz CT molecular complexity index is 627. The Balaban J connectivity index is 2.15. The molecule has 0 aliphatic heterocycles. The average molecular weight is 317 g/mol. The van der Waals surface area contributed by atoms with Gasteiger partial charge in [-0.05, 0) is 31.2 Å². The lowest BCUT2D eigenvalue weighted by atomic mass is 9.88. The van der Waals surface area contributed by atoms with E-state index in [1.165, 1.54) is 0 Å². The third kappa shape index (κ3) is 4.51. The fourth-order valence-electron chi connectivity index (χ4n) is 2.69. The van der Waals surface area contributed by atoms with Crippen LogP contribution in [-0.4, -0.2) is 27.8 Å². The summed E-state index contributed by atoms with van der Waals surface area (Å²) < 4.78 is 0. The standard InChI is InChI=1S/C16H23N5O2/c1-9(2)7-10-8-13(21-16(18)19-10)15(23)20-12-6-4-3-5-11(12)14(17)22/h3-4,8-9,11-12H,5-7H2,1-2H3,(H2,17,22)(H,20,23)(H2,18,19,21)/t11-,12-/m1/s1. The van der Waals surface area contributed by atoms with Crippen molar-refractivity contribution in [3.8, 4) is 0 Å². The maximum absolute atomic E-state index is 12.4. The van der Waals surface area contributed by atoms with Crippen LogP contribution in [-0.2, 0) is 11.2 Å². The molecule has 0 saturated carbocycles. The summed E-state index contributed by atoms with van der Waals surface area (Å²) in [6.07, 6.45) is 5.65. The van der Waals surface area contributed by atoms with Crippen molar-refractivity contribution in [2.24, 2.45) is 17.6 Å². The lowest BCUT2D eigenvalue weighted by Crippen LogP contribution is -2.46. The first kappa shape index (κ1) is 16.9. The summed E-state index contributed by atoms with van der Waals surface area (Å²) in [5, 5.41) is 2.84. The van der Waals surface area contributed by atoms with Crippen molar-refractivity contribution in [2.45, 2.75) is 39.2 Å². The Morgan fingerprint density at radius 3 is 2.65 bits per heavy atom. The fraction of sp³-hybridized carbons (Fsp3) is 0.500. The number of hydrogen-bond donors (Lipinski definition) is 3. The van der Waals surface area contributed by atoms with Gasteiger partial charge in [-0.15, -0.1) is 0 Å². The SMILES string of the molecule is CC(C)Cc1cc(C(=O)N[C@@H]2CC=CC[C@H]2C(N)=O)nc(N)n1. The minimum absolute atomic E-state index is 0.0725. The average Bonchev–Trinajstić information content (AvgIpc) is 2.46. The van der Waals surface area contributed by atoms with Crippen LogP contribution in [0.5, 0.6) is 0 Å². The van der Waals surface area contributed by atoms with Gasteiger partial charge in [0, 0.05) is 11.7 Å². The molecule has 1 heterocycles. The lowest BCUT2D eigenvalue weighted by Gasteiger charge is -2.26. The number of nitrogens with zero attached hydrogens (tertiary/aromatic N) is 2. The molecule has 1 aromatic heterocycles. The van der Waals surface area contributed by atoms with Crippen molar-refractivity contribution in [3.63, 3.8) is 0 Å². The van der Waals surface area contributed by atoms with Crippen LogP contribution in [0.3, 0.4) is 0 Å². The second-order valence-electron chi connectivity index (χ2n) is 6.23. The van der Waals surface area contributed by atoms with Crippen LogP contribution < -0.4 is 16.8 Å². The summed E-state index contributed by atoms with van der Waals surface area (Å²) in [6, 6.07) is 1.32. The summed E-state index contributed by atoms with van der Waals surface area (Å²) in [7, 11) is 0. The van der Waals surface area contributed by atoms with Crippen LogP contribution in [0.2, 0.25) is 0 Å². The number of hydrogen-bond acceptors (Lipinski definition) is 5. The van der Waals surface area contributed by atoms with Gasteiger partial charge in [0.2, 0.25) is 11.9 Å². The largest absolute Gasteiger partial charge is 0.369 e. The minimum atomic E-state index is -0.414. The van der Waals surface area contributed by atoms with Crippen LogP contribution in [0.4, 0.5) is 5.95 Å². The topological polar surface area (TPSA) is 124 Å². The van der Waals surface area contributed by atoms with Gasteiger partial charge in [0.1, 0.15) is 5.69 Å². The normalized spacial score (nSPS) is 20.5. The first-order chi connectivity index (χ1) is 10.9. The third-order valence-electron chi connectivity index (χ3n) is 3.76. The van der Waals surface area contributed by atoms with Gasteiger partial charge >= 0.3 is 0 Å². The van der Waals surface area contributed by atoms with E-state index in [0.717, 1.165) is 5.69 Å². The van der Waals surface area contributed by atoms with Crippen LogP contribution in [0.15, 0.2) is 18.2 Å². The molecule has 0 saturated heterocycles. The zero-order valence-corrected chi connectivity index (χ0v) is 13.5. The zero-order valence-electron chi connectivity index (χ0n) is 13.5. The summed E-state index contributed by atoms with van der Waals surface area (Å²) in [5.41, 5.74) is 12.0. The van der Waals surface area contributed by atoms with E-state index >= 15 is 0 Å². The first-order valence-electron chi connectivity index (χ1n) is 7.75. The Kier molecular flexibility index (Phi) is 5.31. The molecule has 0 radical (unpaired) electrons. The van der Waals surface area contributed by atoms with Gasteiger partial charge in [0.25, 0.3) is 5.91 Å². The summed E-state index contributed by atoms with van der Waals surface area (Å²) in [6.45, 7) is 4.12. The summed E-state index contributed by atoms with van der Waals surface area (Å²) in [4.78, 5) is 32.1. The highest BCUT2D eigenvalue weighted by molar-refractivity contribution is 5.93. The molecule has 0 bridgehead atoms. The number of nitrogens with two attached hydrogens (primary N) is 2. The molecule has 0 fully saturated rings. The second-order valence-corrected chi connectivity index (χ2v) is 6.23. The maximum atomic E-state index is 12.4. The van der Waals surface area contributed by atoms with Crippen molar-refractivity contribution in [3.05, 3.63) is 29.6 Å². The molecule has 1 aliphatic rings. The number of primary amides is 1. The Morgan fingerprint density at radius 1 is 1.30 bits per heavy atom. The van der Waals surface area contributed by atoms with Gasteiger partial charge in [0.15, 0.2) is 0 Å². The fourth-order valence-corrected chi connectivity index (χ4v) is 2.69. The Labute approximate surface area is 135 Å². The van der Waals surface area contributed by atoms with Crippen LogP contribution in [0.1, 0.15) is 42.9 Å². The molecule has 2 rings (SSSR count). The van der Waals surface area contributed by atoms with Crippen LogP contribution in [0, 0.1) is 11.8 Å². The van der Waals surface area contributed by atoms with Crippen molar-refractivity contribution < 1.29 is 9.59 Å². The maximum Gasteiger partial charge on any atom is 0.270 e. The summed E-state index contributed by atoms with van der Waals surface area (Å²) >= 11 is 0. The summed E-state index contributed by atoms with van der Waals surface area (Å²) in [5.74, 6) is -0.720. The van der Waals surface area contributed by atoms with Crippen molar-refractivity contribution >= 4 is 17.8 Å². The van der Waals surface area contributed by atoms with Gasteiger partial charge < -0.3 is 16.8 Å². The highest BCUT2D eigenvalue weighted by atomic mass is 16.2. The lowest BCUT2D eigenvalue weighted by molar-refractivity contribution is -0.122. The molecular weight excluding hydrogens is 294 g/mol. The van der Waals surface area contributed by atoms with Crippen molar-refractivity contribution in [1.29, 1.82) is 0 Å². The minimum Gasteiger partial charge on any atom is -0.369 e. The number of aromatic nitrogens is 2. The number of carbonyl (C=O) groups excluding carboxylic acids is 2. The van der Waals surface area contributed by atoms with E-state index in [2.05, 4.69) is 29.1 Å². The molecule has 23 heavy (non-hydrogen) atoms. The predicted molar refractivity (Wildman–Crippen MR) is 87.3 cm³/mol. The third-order valence-corrected chi connectivity index (χ3v) is 3.76. The smallest absolute Gasteiger partial charge is 0.270 e. The number of carbonyl (C=O) groups is 2. The van der Waals surface area contributed by atoms with Gasteiger partial charge in [-0.2, -0.15) is 0 Å². The van der Waals surface area contributed by atoms with Gasteiger partial charge in [-0.3, -0.25) is 9.59 Å². The number of anilines is 1. The van der Waals surface area contributed by atoms with Gasteiger partial charge in [-0.25, -0.2) is 9.97 Å². The molecule has 1 aromatic rings. The number of amides is 2. The quantitative estimate of drug-likeness (QED) is 0.693. The number of allylic oxidation sites excluding steroid dienone is 1. The van der Waals surface area contributed by atoms with Gasteiger partial charge in [-0.1, -0.05) is 26.0 Å². The predicted octanol–water partition coefficient (Wildman–Crippen LogP) is 0.807. The molecule has 2 atom stereocenters. The van der Waals surface area contributed by atoms with E-state index in [1.807, 2.05) is 12.2 Å². The Hall–Kier alpha value is -2.44. The molecule has 0 spiro atoms. The number of nitrogen functional groups attached to an aromatic ring is 1. The highest BCUT2D eigenvalue weighted by Gasteiger charge is 2.29. The molecule has 124 valence electrons. The van der Waals surface area contributed by atoms with Crippen molar-refractivity contribution in [2.75, 3.05) is 5.73 Å². The van der Waals surface area contributed by atoms with E-state index in [9.17, 15) is 9.59 Å². The van der Waals surface area contributed by atoms with E-state index < -0.39 is 11.8 Å².